The lowest BCUT2D eigenvalue weighted by Gasteiger charge is -2.13. The number of amides is 1. The summed E-state index contributed by atoms with van der Waals surface area (Å²) in [4.78, 5) is 19.6. The van der Waals surface area contributed by atoms with Gasteiger partial charge in [0.1, 0.15) is 6.10 Å². The molecule has 2 unspecified atom stereocenters. The van der Waals surface area contributed by atoms with Crippen LogP contribution in [0.15, 0.2) is 0 Å². The largest absolute Gasteiger partial charge is 0.391 e. The highest BCUT2D eigenvalue weighted by molar-refractivity contribution is 6.31. The number of guanidine groups is 1. The number of nitrogen functional groups attached to an aromatic ring is 2. The highest BCUT2D eigenvalue weighted by Crippen LogP contribution is 2.17. The van der Waals surface area contributed by atoms with Gasteiger partial charge in [0.05, 0.1) is 25.9 Å². The molecule has 0 aliphatic carbocycles. The minimum atomic E-state index is -0.713. The molecule has 32 heavy (non-hydrogen) atoms. The Kier molecular flexibility index (Phi) is 13.5. The molecular weight excluding hydrogens is 442 g/mol. The maximum atomic E-state index is 12.1. The highest BCUT2D eigenvalue weighted by atomic mass is 35.5. The van der Waals surface area contributed by atoms with E-state index in [0.29, 0.717) is 19.6 Å². The van der Waals surface area contributed by atoms with Gasteiger partial charge in [-0.15, -0.1) is 0 Å². The van der Waals surface area contributed by atoms with Crippen molar-refractivity contribution in [1.82, 2.24) is 20.6 Å². The molecular formula is C19H34ClN7O5. The van der Waals surface area contributed by atoms with E-state index in [1.807, 2.05) is 6.92 Å². The summed E-state index contributed by atoms with van der Waals surface area (Å²) in [7, 11) is 0. The van der Waals surface area contributed by atoms with Gasteiger partial charge in [-0.3, -0.25) is 15.5 Å². The molecule has 1 aromatic rings. The molecule has 0 spiro atoms. The number of anilines is 2. The van der Waals surface area contributed by atoms with Gasteiger partial charge < -0.3 is 36.5 Å². The summed E-state index contributed by atoms with van der Waals surface area (Å²) < 4.78 is 10.6. The Labute approximate surface area is 192 Å². The Morgan fingerprint density at radius 3 is 2.44 bits per heavy atom. The van der Waals surface area contributed by atoms with Crippen molar-refractivity contribution < 1.29 is 24.5 Å². The molecule has 0 saturated heterocycles. The van der Waals surface area contributed by atoms with Gasteiger partial charge in [0.25, 0.3) is 5.91 Å². The molecule has 182 valence electrons. The number of unbranched alkanes of at least 4 members (excludes halogenated alkanes) is 3. The molecule has 13 heteroatoms. The third-order valence-electron chi connectivity index (χ3n) is 4.28. The van der Waals surface area contributed by atoms with Crippen LogP contribution >= 0.6 is 11.6 Å². The van der Waals surface area contributed by atoms with Crippen LogP contribution in [0.4, 0.5) is 11.6 Å². The standard InChI is InChI=1S/C19H34ClN7O5/c1-2-12(28)9-32-11-13(29)10-31-8-6-4-3-5-7-24-19(23)27-18(30)14-16(21)26-17(22)15(20)25-14/h12-13,28-29H,2-11H2,1H3,(H4,21,22,26)(H3,23,24,27,30). The van der Waals surface area contributed by atoms with Gasteiger partial charge in [0.2, 0.25) is 0 Å². The first-order chi connectivity index (χ1) is 15.2. The number of nitrogens with zero attached hydrogens (tertiary/aromatic N) is 2. The maximum Gasteiger partial charge on any atom is 0.280 e. The van der Waals surface area contributed by atoms with Crippen LogP contribution in [0.5, 0.6) is 0 Å². The van der Waals surface area contributed by atoms with Crippen LogP contribution in [-0.2, 0) is 9.47 Å². The predicted molar refractivity (Wildman–Crippen MR) is 121 cm³/mol. The number of aliphatic hydroxyl groups is 2. The summed E-state index contributed by atoms with van der Waals surface area (Å²) in [6, 6.07) is 0. The number of nitrogens with two attached hydrogens (primary N) is 2. The van der Waals surface area contributed by atoms with E-state index in [4.69, 9.17) is 38.0 Å². The first-order valence-electron chi connectivity index (χ1n) is 10.5. The fourth-order valence-corrected chi connectivity index (χ4v) is 2.57. The van der Waals surface area contributed by atoms with Crippen LogP contribution in [0, 0.1) is 5.41 Å². The zero-order valence-corrected chi connectivity index (χ0v) is 19.0. The lowest BCUT2D eigenvalue weighted by Crippen LogP contribution is -2.41. The molecule has 1 amide bonds. The SMILES string of the molecule is CCC(O)COCC(O)COCCCCCCNC(=N)NC(=O)c1nc(Cl)c(N)nc1N. The Bertz CT molecular complexity index is 726. The van der Waals surface area contributed by atoms with E-state index < -0.39 is 18.1 Å². The summed E-state index contributed by atoms with van der Waals surface area (Å²) in [5.41, 5.74) is 10.9. The monoisotopic (exact) mass is 475 g/mol. The van der Waals surface area contributed by atoms with E-state index in [-0.39, 0.29) is 48.3 Å². The summed E-state index contributed by atoms with van der Waals surface area (Å²) in [6.07, 6.45) is 2.86. The third-order valence-corrected chi connectivity index (χ3v) is 4.56. The number of halogens is 1. The van der Waals surface area contributed by atoms with E-state index in [9.17, 15) is 15.0 Å². The Balaban J connectivity index is 2.05. The normalized spacial score (nSPS) is 12.9. The van der Waals surface area contributed by atoms with Gasteiger partial charge in [-0.2, -0.15) is 0 Å². The number of nitrogens with one attached hydrogen (secondary N) is 3. The van der Waals surface area contributed by atoms with Crippen molar-refractivity contribution in [3.05, 3.63) is 10.8 Å². The van der Waals surface area contributed by atoms with Crippen LogP contribution in [0.3, 0.4) is 0 Å². The molecule has 9 N–H and O–H groups in total. The molecule has 2 atom stereocenters. The number of aliphatic hydroxyl groups excluding tert-OH is 2. The van der Waals surface area contributed by atoms with Crippen molar-refractivity contribution in [3.8, 4) is 0 Å². The number of carbonyl (C=O) groups excluding carboxylic acids is 1. The van der Waals surface area contributed by atoms with Gasteiger partial charge in [0, 0.05) is 13.2 Å². The molecule has 0 aliphatic rings. The van der Waals surface area contributed by atoms with Gasteiger partial charge in [0.15, 0.2) is 28.4 Å². The van der Waals surface area contributed by atoms with Crippen LogP contribution in [0.1, 0.15) is 49.5 Å². The summed E-state index contributed by atoms with van der Waals surface area (Å²) in [5.74, 6) is -1.14. The van der Waals surface area contributed by atoms with E-state index in [1.54, 1.807) is 0 Å². The van der Waals surface area contributed by atoms with E-state index in [1.165, 1.54) is 0 Å². The van der Waals surface area contributed by atoms with Crippen molar-refractivity contribution in [2.24, 2.45) is 0 Å². The molecule has 0 aromatic carbocycles. The Morgan fingerprint density at radius 1 is 1.06 bits per heavy atom. The van der Waals surface area contributed by atoms with Crippen LogP contribution in [0.2, 0.25) is 5.15 Å². The van der Waals surface area contributed by atoms with E-state index in [2.05, 4.69) is 20.6 Å². The second-order valence-electron chi connectivity index (χ2n) is 7.13. The number of hydrogen-bond acceptors (Lipinski definition) is 10. The average molecular weight is 476 g/mol. The molecule has 0 saturated carbocycles. The second kappa shape index (κ2) is 15.5. The van der Waals surface area contributed by atoms with Crippen LogP contribution < -0.4 is 22.1 Å². The zero-order valence-electron chi connectivity index (χ0n) is 18.3. The van der Waals surface area contributed by atoms with Gasteiger partial charge in [-0.05, 0) is 19.3 Å². The minimum Gasteiger partial charge on any atom is -0.391 e. The quantitative estimate of drug-likeness (QED) is 0.105. The average Bonchev–Trinajstić information content (AvgIpc) is 2.74. The van der Waals surface area contributed by atoms with Crippen LogP contribution in [-0.4, -0.2) is 77.2 Å². The fraction of sp³-hybridized carbons (Fsp3) is 0.684. The number of aromatic nitrogens is 2. The molecule has 0 bridgehead atoms. The van der Waals surface area contributed by atoms with Crippen molar-refractivity contribution in [2.45, 2.75) is 51.2 Å². The lowest BCUT2D eigenvalue weighted by atomic mass is 10.2. The summed E-state index contributed by atoms with van der Waals surface area (Å²) >= 11 is 5.74. The van der Waals surface area contributed by atoms with E-state index >= 15 is 0 Å². The maximum absolute atomic E-state index is 12.1. The molecule has 1 heterocycles. The number of carbonyl (C=O) groups is 1. The Hall–Kier alpha value is -2.25. The van der Waals surface area contributed by atoms with Crippen LogP contribution in [0.25, 0.3) is 0 Å². The highest BCUT2D eigenvalue weighted by Gasteiger charge is 2.17. The van der Waals surface area contributed by atoms with E-state index in [0.717, 1.165) is 25.7 Å². The zero-order chi connectivity index (χ0) is 23.9. The first kappa shape index (κ1) is 27.8. The van der Waals surface area contributed by atoms with Gasteiger partial charge in [-0.25, -0.2) is 9.97 Å². The topological polar surface area (TPSA) is 202 Å². The first-order valence-corrected chi connectivity index (χ1v) is 10.9. The molecule has 1 aromatic heterocycles. The fourth-order valence-electron chi connectivity index (χ4n) is 2.45. The van der Waals surface area contributed by atoms with Crippen molar-refractivity contribution in [1.29, 1.82) is 5.41 Å². The second-order valence-corrected chi connectivity index (χ2v) is 7.49. The molecule has 0 radical (unpaired) electrons. The smallest absolute Gasteiger partial charge is 0.280 e. The third kappa shape index (κ3) is 11.4. The lowest BCUT2D eigenvalue weighted by molar-refractivity contribution is -0.0400. The van der Waals surface area contributed by atoms with Gasteiger partial charge >= 0.3 is 0 Å². The Morgan fingerprint density at radius 2 is 1.72 bits per heavy atom. The molecule has 12 nitrogen and oxygen atoms in total. The van der Waals surface area contributed by atoms with Gasteiger partial charge in [-0.1, -0.05) is 31.4 Å². The molecule has 1 rings (SSSR count). The number of rotatable bonds is 15. The summed E-state index contributed by atoms with van der Waals surface area (Å²) in [6.45, 7) is 3.42. The predicted octanol–water partition coefficient (Wildman–Crippen LogP) is 0.274. The van der Waals surface area contributed by atoms with Crippen molar-refractivity contribution in [2.75, 3.05) is 44.4 Å². The summed E-state index contributed by atoms with van der Waals surface area (Å²) in [5, 5.41) is 31.8. The molecule has 0 aliphatic heterocycles. The van der Waals surface area contributed by atoms with Crippen molar-refractivity contribution in [3.63, 3.8) is 0 Å². The number of ether oxygens (including phenoxy) is 2. The minimum absolute atomic E-state index is 0.0762. The van der Waals surface area contributed by atoms with Crippen molar-refractivity contribution >= 4 is 35.1 Å². The number of hydrogen-bond donors (Lipinski definition) is 7. The molecule has 0 fully saturated rings.